The SMILES string of the molecule is Cc1cccc(/C=C2/SC(=O)N(CN3CCOCC3)C2=O)c1. The van der Waals surface area contributed by atoms with Crippen molar-refractivity contribution in [3.63, 3.8) is 0 Å². The van der Waals surface area contributed by atoms with E-state index >= 15 is 0 Å². The Morgan fingerprint density at radius 2 is 2.05 bits per heavy atom. The molecule has 0 spiro atoms. The van der Waals surface area contributed by atoms with E-state index in [1.807, 2.05) is 31.2 Å². The smallest absolute Gasteiger partial charge is 0.294 e. The number of hydrogen-bond donors (Lipinski definition) is 0. The maximum absolute atomic E-state index is 12.4. The van der Waals surface area contributed by atoms with Crippen molar-refractivity contribution in [1.29, 1.82) is 0 Å². The van der Waals surface area contributed by atoms with Crippen LogP contribution in [0.2, 0.25) is 0 Å². The van der Waals surface area contributed by atoms with E-state index in [9.17, 15) is 9.59 Å². The summed E-state index contributed by atoms with van der Waals surface area (Å²) in [6.45, 7) is 5.14. The van der Waals surface area contributed by atoms with Crippen molar-refractivity contribution in [3.8, 4) is 0 Å². The summed E-state index contributed by atoms with van der Waals surface area (Å²) < 4.78 is 5.28. The molecule has 0 unspecified atom stereocenters. The monoisotopic (exact) mass is 318 g/mol. The van der Waals surface area contributed by atoms with Gasteiger partial charge in [-0.05, 0) is 30.3 Å². The molecule has 1 aromatic rings. The summed E-state index contributed by atoms with van der Waals surface area (Å²) >= 11 is 1.01. The molecule has 2 aliphatic heterocycles. The number of rotatable bonds is 3. The minimum atomic E-state index is -0.206. The Kier molecular flexibility index (Phi) is 4.61. The standard InChI is InChI=1S/C16H18N2O3S/c1-12-3-2-4-13(9-12)10-14-15(19)18(16(20)22-14)11-17-5-7-21-8-6-17/h2-4,9-10H,5-8,11H2,1H3/b14-10+. The summed E-state index contributed by atoms with van der Waals surface area (Å²) in [6, 6.07) is 7.87. The summed E-state index contributed by atoms with van der Waals surface area (Å²) in [4.78, 5) is 28.4. The van der Waals surface area contributed by atoms with E-state index in [1.54, 1.807) is 6.08 Å². The van der Waals surface area contributed by atoms with Crippen LogP contribution in [-0.4, -0.2) is 53.9 Å². The first-order valence-electron chi connectivity index (χ1n) is 7.25. The number of carbonyl (C=O) groups is 2. The number of thioether (sulfide) groups is 1. The Morgan fingerprint density at radius 1 is 1.27 bits per heavy atom. The Hall–Kier alpha value is -1.63. The second-order valence-electron chi connectivity index (χ2n) is 5.40. The number of nitrogens with zero attached hydrogens (tertiary/aromatic N) is 2. The van der Waals surface area contributed by atoms with E-state index in [4.69, 9.17) is 4.74 Å². The molecule has 116 valence electrons. The zero-order valence-corrected chi connectivity index (χ0v) is 13.3. The van der Waals surface area contributed by atoms with Crippen molar-refractivity contribution < 1.29 is 14.3 Å². The summed E-state index contributed by atoms with van der Waals surface area (Å²) in [5.41, 5.74) is 2.07. The minimum absolute atomic E-state index is 0.199. The summed E-state index contributed by atoms with van der Waals surface area (Å²) in [7, 11) is 0. The lowest BCUT2D eigenvalue weighted by Crippen LogP contribution is -2.45. The molecule has 3 rings (SSSR count). The van der Waals surface area contributed by atoms with E-state index in [0.29, 0.717) is 24.8 Å². The van der Waals surface area contributed by atoms with Crippen LogP contribution >= 0.6 is 11.8 Å². The Morgan fingerprint density at radius 3 is 2.77 bits per heavy atom. The molecule has 2 saturated heterocycles. The van der Waals surface area contributed by atoms with Crippen LogP contribution in [0.4, 0.5) is 4.79 Å². The van der Waals surface area contributed by atoms with Gasteiger partial charge in [0.05, 0.1) is 24.8 Å². The van der Waals surface area contributed by atoms with Crippen molar-refractivity contribution in [2.24, 2.45) is 0 Å². The predicted octanol–water partition coefficient (Wildman–Crippen LogP) is 2.32. The maximum atomic E-state index is 12.4. The average molecular weight is 318 g/mol. The summed E-state index contributed by atoms with van der Waals surface area (Å²) in [5, 5.41) is -0.199. The molecule has 2 heterocycles. The summed E-state index contributed by atoms with van der Waals surface area (Å²) in [5.74, 6) is -0.206. The fraction of sp³-hybridized carbons (Fsp3) is 0.375. The van der Waals surface area contributed by atoms with Crippen LogP contribution in [0.3, 0.4) is 0 Å². The molecule has 6 heteroatoms. The zero-order valence-electron chi connectivity index (χ0n) is 12.4. The second-order valence-corrected chi connectivity index (χ2v) is 6.39. The van der Waals surface area contributed by atoms with Crippen molar-refractivity contribution in [2.75, 3.05) is 33.0 Å². The van der Waals surface area contributed by atoms with Crippen molar-refractivity contribution in [2.45, 2.75) is 6.92 Å². The fourth-order valence-electron chi connectivity index (χ4n) is 2.48. The number of ether oxygens (including phenoxy) is 1. The molecule has 1 aromatic carbocycles. The van der Waals surface area contributed by atoms with E-state index < -0.39 is 0 Å². The van der Waals surface area contributed by atoms with E-state index in [2.05, 4.69) is 4.90 Å². The molecule has 0 aliphatic carbocycles. The van der Waals surface area contributed by atoms with Gasteiger partial charge in [-0.1, -0.05) is 29.8 Å². The van der Waals surface area contributed by atoms with Gasteiger partial charge in [0.25, 0.3) is 11.1 Å². The van der Waals surface area contributed by atoms with Crippen molar-refractivity contribution in [3.05, 3.63) is 40.3 Å². The lowest BCUT2D eigenvalue weighted by molar-refractivity contribution is -0.125. The lowest BCUT2D eigenvalue weighted by Gasteiger charge is -2.29. The van der Waals surface area contributed by atoms with Gasteiger partial charge in [-0.15, -0.1) is 0 Å². The molecule has 22 heavy (non-hydrogen) atoms. The van der Waals surface area contributed by atoms with Gasteiger partial charge in [0.2, 0.25) is 0 Å². The molecule has 0 radical (unpaired) electrons. The highest BCUT2D eigenvalue weighted by molar-refractivity contribution is 8.18. The number of amides is 2. The molecule has 2 aliphatic rings. The highest BCUT2D eigenvalue weighted by Crippen LogP contribution is 2.32. The lowest BCUT2D eigenvalue weighted by atomic mass is 10.1. The molecular weight excluding hydrogens is 300 g/mol. The number of imide groups is 1. The predicted molar refractivity (Wildman–Crippen MR) is 86.2 cm³/mol. The first kappa shape index (κ1) is 15.3. The summed E-state index contributed by atoms with van der Waals surface area (Å²) in [6.07, 6.45) is 1.79. The Bertz CT molecular complexity index is 624. The molecule has 0 bridgehead atoms. The highest BCUT2D eigenvalue weighted by atomic mass is 32.2. The van der Waals surface area contributed by atoms with Gasteiger partial charge in [-0.3, -0.25) is 19.4 Å². The van der Waals surface area contributed by atoms with Crippen LogP contribution < -0.4 is 0 Å². The number of hydrogen-bond acceptors (Lipinski definition) is 5. The number of carbonyl (C=O) groups excluding carboxylic acids is 2. The molecule has 0 saturated carbocycles. The fourth-order valence-corrected chi connectivity index (χ4v) is 3.31. The normalized spacial score (nSPS) is 21.9. The van der Waals surface area contributed by atoms with Gasteiger partial charge in [0.15, 0.2) is 0 Å². The van der Waals surface area contributed by atoms with Gasteiger partial charge >= 0.3 is 0 Å². The van der Waals surface area contributed by atoms with Crippen LogP contribution in [0.1, 0.15) is 11.1 Å². The quantitative estimate of drug-likeness (QED) is 0.801. The van der Waals surface area contributed by atoms with Crippen LogP contribution in [0.15, 0.2) is 29.2 Å². The molecule has 0 N–H and O–H groups in total. The number of benzene rings is 1. The van der Waals surface area contributed by atoms with Gasteiger partial charge in [0, 0.05) is 13.1 Å². The number of aryl methyl sites for hydroxylation is 1. The number of morpholine rings is 1. The van der Waals surface area contributed by atoms with Gasteiger partial charge in [0.1, 0.15) is 0 Å². The third-order valence-corrected chi connectivity index (χ3v) is 4.57. The van der Waals surface area contributed by atoms with Crippen LogP contribution in [0.5, 0.6) is 0 Å². The molecule has 0 atom stereocenters. The molecule has 5 nitrogen and oxygen atoms in total. The van der Waals surface area contributed by atoms with Crippen molar-refractivity contribution >= 4 is 29.0 Å². The highest BCUT2D eigenvalue weighted by Gasteiger charge is 2.36. The third kappa shape index (κ3) is 3.40. The minimum Gasteiger partial charge on any atom is -0.379 e. The van der Waals surface area contributed by atoms with Crippen LogP contribution in [0, 0.1) is 6.92 Å². The molecule has 2 amide bonds. The van der Waals surface area contributed by atoms with Gasteiger partial charge in [-0.25, -0.2) is 0 Å². The molecule has 2 fully saturated rings. The zero-order chi connectivity index (χ0) is 15.5. The van der Waals surface area contributed by atoms with Crippen molar-refractivity contribution in [1.82, 2.24) is 9.80 Å². The average Bonchev–Trinajstić information content (AvgIpc) is 2.76. The molecular formula is C16H18N2O3S. The maximum Gasteiger partial charge on any atom is 0.294 e. The van der Waals surface area contributed by atoms with Crippen LogP contribution in [0.25, 0.3) is 6.08 Å². The van der Waals surface area contributed by atoms with Gasteiger partial charge < -0.3 is 4.74 Å². The first-order chi connectivity index (χ1) is 10.6. The third-order valence-electron chi connectivity index (χ3n) is 3.66. The second kappa shape index (κ2) is 6.64. The largest absolute Gasteiger partial charge is 0.379 e. The van der Waals surface area contributed by atoms with Crippen LogP contribution in [-0.2, 0) is 9.53 Å². The first-order valence-corrected chi connectivity index (χ1v) is 8.07. The Balaban J connectivity index is 1.73. The van der Waals surface area contributed by atoms with Gasteiger partial charge in [-0.2, -0.15) is 0 Å². The molecule has 0 aromatic heterocycles. The Labute approximate surface area is 133 Å². The van der Waals surface area contributed by atoms with E-state index in [1.165, 1.54) is 4.90 Å². The topological polar surface area (TPSA) is 49.9 Å². The van der Waals surface area contributed by atoms with E-state index in [-0.39, 0.29) is 11.1 Å². The van der Waals surface area contributed by atoms with E-state index in [0.717, 1.165) is 36.0 Å².